The lowest BCUT2D eigenvalue weighted by Gasteiger charge is -2.31. The summed E-state index contributed by atoms with van der Waals surface area (Å²) in [6, 6.07) is 2.83. The van der Waals surface area contributed by atoms with Crippen LogP contribution in [0.5, 0.6) is 0 Å². The van der Waals surface area contributed by atoms with Crippen molar-refractivity contribution < 1.29 is 13.9 Å². The van der Waals surface area contributed by atoms with Crippen molar-refractivity contribution in [3.05, 3.63) is 34.6 Å². The maximum absolute atomic E-state index is 13.5. The normalized spacial score (nSPS) is 15.5. The highest BCUT2D eigenvalue weighted by atomic mass is 19.1. The van der Waals surface area contributed by atoms with Crippen molar-refractivity contribution in [3.8, 4) is 0 Å². The average Bonchev–Trinajstić information content (AvgIpc) is 2.43. The number of amides is 1. The molecule has 126 valence electrons. The lowest BCUT2D eigenvalue weighted by atomic mass is 9.98. The first-order chi connectivity index (χ1) is 10.7. The number of nitrogen functional groups attached to an aromatic ring is 1. The third-order valence-electron chi connectivity index (χ3n) is 3.87. The highest BCUT2D eigenvalue weighted by Crippen LogP contribution is 2.25. The van der Waals surface area contributed by atoms with Crippen molar-refractivity contribution in [1.82, 2.24) is 4.90 Å². The van der Waals surface area contributed by atoms with E-state index in [2.05, 4.69) is 0 Å². The van der Waals surface area contributed by atoms with Gasteiger partial charge in [0.05, 0.1) is 0 Å². The Bertz CT molecular complexity index is 623. The van der Waals surface area contributed by atoms with Gasteiger partial charge >= 0.3 is 6.09 Å². The summed E-state index contributed by atoms with van der Waals surface area (Å²) in [4.78, 5) is 13.8. The maximum Gasteiger partial charge on any atom is 0.410 e. The van der Waals surface area contributed by atoms with Gasteiger partial charge in [0.2, 0.25) is 0 Å². The largest absolute Gasteiger partial charge is 0.444 e. The van der Waals surface area contributed by atoms with Gasteiger partial charge in [0.15, 0.2) is 0 Å². The summed E-state index contributed by atoms with van der Waals surface area (Å²) in [5.41, 5.74) is 8.67. The molecular formula is C18H25FN2O2. The minimum Gasteiger partial charge on any atom is -0.444 e. The van der Waals surface area contributed by atoms with Crippen LogP contribution in [0.25, 0.3) is 6.08 Å². The van der Waals surface area contributed by atoms with Crippen molar-refractivity contribution in [2.75, 3.05) is 18.8 Å². The van der Waals surface area contributed by atoms with E-state index < -0.39 is 5.60 Å². The number of benzene rings is 1. The summed E-state index contributed by atoms with van der Waals surface area (Å²) >= 11 is 0. The summed E-state index contributed by atoms with van der Waals surface area (Å²) in [6.07, 6.45) is 3.23. The molecule has 0 unspecified atom stereocenters. The van der Waals surface area contributed by atoms with Gasteiger partial charge in [0, 0.05) is 18.8 Å². The van der Waals surface area contributed by atoms with Crippen LogP contribution in [0.2, 0.25) is 0 Å². The molecule has 1 fully saturated rings. The molecule has 0 bridgehead atoms. The van der Waals surface area contributed by atoms with Crippen LogP contribution in [-0.4, -0.2) is 29.7 Å². The van der Waals surface area contributed by atoms with Gasteiger partial charge in [-0.3, -0.25) is 0 Å². The van der Waals surface area contributed by atoms with Crippen LogP contribution in [0, 0.1) is 12.7 Å². The maximum atomic E-state index is 13.5. The molecule has 1 heterocycles. The molecule has 4 nitrogen and oxygen atoms in total. The second-order valence-corrected chi connectivity index (χ2v) is 6.98. The van der Waals surface area contributed by atoms with Crippen molar-refractivity contribution in [3.63, 3.8) is 0 Å². The topological polar surface area (TPSA) is 55.6 Å². The fourth-order valence-corrected chi connectivity index (χ4v) is 2.54. The minimum absolute atomic E-state index is 0.275. The second kappa shape index (κ2) is 6.60. The summed E-state index contributed by atoms with van der Waals surface area (Å²) < 4.78 is 18.9. The smallest absolute Gasteiger partial charge is 0.410 e. The first-order valence-corrected chi connectivity index (χ1v) is 7.89. The second-order valence-electron chi connectivity index (χ2n) is 6.98. The van der Waals surface area contributed by atoms with E-state index in [4.69, 9.17) is 10.5 Å². The molecule has 0 spiro atoms. The Morgan fingerprint density at radius 3 is 2.48 bits per heavy atom. The van der Waals surface area contributed by atoms with Crippen molar-refractivity contribution in [2.24, 2.45) is 0 Å². The minimum atomic E-state index is -0.483. The molecule has 1 amide bonds. The fraction of sp³-hybridized carbons (Fsp3) is 0.500. The molecule has 2 rings (SSSR count). The number of piperidine rings is 1. The van der Waals surface area contributed by atoms with Crippen molar-refractivity contribution in [2.45, 2.75) is 46.1 Å². The summed E-state index contributed by atoms with van der Waals surface area (Å²) in [6.45, 7) is 8.69. The molecule has 0 saturated carbocycles. The lowest BCUT2D eigenvalue weighted by Crippen LogP contribution is -2.40. The van der Waals surface area contributed by atoms with Crippen LogP contribution in [0.1, 0.15) is 44.7 Å². The molecule has 0 aromatic heterocycles. The molecule has 23 heavy (non-hydrogen) atoms. The molecule has 0 atom stereocenters. The van der Waals surface area contributed by atoms with E-state index in [-0.39, 0.29) is 11.9 Å². The van der Waals surface area contributed by atoms with Crippen LogP contribution < -0.4 is 5.73 Å². The molecule has 0 aliphatic carbocycles. The number of rotatable bonds is 1. The number of likely N-dealkylation sites (tertiary alicyclic amines) is 1. The number of anilines is 1. The number of carbonyl (C=O) groups is 1. The average molecular weight is 320 g/mol. The summed E-state index contributed by atoms with van der Waals surface area (Å²) in [5.74, 6) is -0.328. The van der Waals surface area contributed by atoms with Crippen LogP contribution in [-0.2, 0) is 4.74 Å². The Labute approximate surface area is 137 Å². The highest BCUT2D eigenvalue weighted by Gasteiger charge is 2.24. The van der Waals surface area contributed by atoms with E-state index in [0.717, 1.165) is 24.0 Å². The zero-order valence-corrected chi connectivity index (χ0v) is 14.3. The number of hydrogen-bond donors (Lipinski definition) is 1. The Hall–Kier alpha value is -2.04. The quantitative estimate of drug-likeness (QED) is 0.792. The van der Waals surface area contributed by atoms with Gasteiger partial charge in [0.25, 0.3) is 0 Å². The third kappa shape index (κ3) is 4.71. The van der Waals surface area contributed by atoms with E-state index >= 15 is 0 Å². The molecule has 1 saturated heterocycles. The summed E-state index contributed by atoms with van der Waals surface area (Å²) in [7, 11) is 0. The molecule has 0 radical (unpaired) electrons. The molecule has 1 aliphatic heterocycles. The zero-order chi connectivity index (χ0) is 17.2. The fourth-order valence-electron chi connectivity index (χ4n) is 2.54. The van der Waals surface area contributed by atoms with Gasteiger partial charge in [-0.2, -0.15) is 0 Å². The van der Waals surface area contributed by atoms with E-state index in [1.54, 1.807) is 4.90 Å². The number of nitrogens with zero attached hydrogens (tertiary/aromatic N) is 1. The lowest BCUT2D eigenvalue weighted by molar-refractivity contribution is 0.0237. The number of halogens is 1. The van der Waals surface area contributed by atoms with Gasteiger partial charge in [-0.25, -0.2) is 9.18 Å². The molecular weight excluding hydrogens is 295 g/mol. The Morgan fingerprint density at radius 2 is 1.91 bits per heavy atom. The molecule has 1 aromatic carbocycles. The van der Waals surface area contributed by atoms with E-state index in [1.165, 1.54) is 17.7 Å². The van der Waals surface area contributed by atoms with Gasteiger partial charge in [-0.1, -0.05) is 11.6 Å². The van der Waals surface area contributed by atoms with Gasteiger partial charge < -0.3 is 15.4 Å². The monoisotopic (exact) mass is 320 g/mol. The highest BCUT2D eigenvalue weighted by molar-refractivity contribution is 5.69. The first-order valence-electron chi connectivity index (χ1n) is 7.89. The number of carbonyl (C=O) groups excluding carboxylic acids is 1. The van der Waals surface area contributed by atoms with E-state index in [0.29, 0.717) is 18.8 Å². The van der Waals surface area contributed by atoms with Crippen LogP contribution in [0.4, 0.5) is 14.9 Å². The van der Waals surface area contributed by atoms with Crippen LogP contribution in [0.3, 0.4) is 0 Å². The SMILES string of the molecule is Cc1c(N)cc(F)cc1C=C1CCN(C(=O)OC(C)(C)C)CC1. The van der Waals surface area contributed by atoms with Gasteiger partial charge in [0.1, 0.15) is 11.4 Å². The van der Waals surface area contributed by atoms with Gasteiger partial charge in [-0.05, 0) is 63.8 Å². The standard InChI is InChI=1S/C18H25FN2O2/c1-12-14(10-15(19)11-16(12)20)9-13-5-7-21(8-6-13)17(22)23-18(2,3)4/h9-11H,5-8,20H2,1-4H3. The first kappa shape index (κ1) is 17.3. The zero-order valence-electron chi connectivity index (χ0n) is 14.3. The van der Waals surface area contributed by atoms with Gasteiger partial charge in [-0.15, -0.1) is 0 Å². The molecule has 5 heteroatoms. The molecule has 1 aliphatic rings. The number of hydrogen-bond acceptors (Lipinski definition) is 3. The Balaban J connectivity index is 2.03. The van der Waals surface area contributed by atoms with E-state index in [1.807, 2.05) is 33.8 Å². The number of nitrogens with two attached hydrogens (primary N) is 1. The van der Waals surface area contributed by atoms with E-state index in [9.17, 15) is 9.18 Å². The molecule has 1 aromatic rings. The van der Waals surface area contributed by atoms with Crippen molar-refractivity contribution in [1.29, 1.82) is 0 Å². The van der Waals surface area contributed by atoms with Crippen molar-refractivity contribution >= 4 is 17.9 Å². The predicted molar refractivity (Wildman–Crippen MR) is 90.6 cm³/mol. The third-order valence-corrected chi connectivity index (χ3v) is 3.87. The number of ether oxygens (including phenoxy) is 1. The molecule has 2 N–H and O–H groups in total. The Kier molecular flexibility index (Phi) is 4.97. The predicted octanol–water partition coefficient (Wildman–Crippen LogP) is 4.13. The van der Waals surface area contributed by atoms with Crippen LogP contribution >= 0.6 is 0 Å². The summed E-state index contributed by atoms with van der Waals surface area (Å²) in [5, 5.41) is 0. The van der Waals surface area contributed by atoms with Crippen LogP contribution in [0.15, 0.2) is 17.7 Å². The Morgan fingerprint density at radius 1 is 1.30 bits per heavy atom.